The maximum absolute atomic E-state index is 12.2. The molecule has 1 amide bonds. The number of hydrogen-bond acceptors (Lipinski definition) is 4. The predicted octanol–water partition coefficient (Wildman–Crippen LogP) is 3.25. The van der Waals surface area contributed by atoms with Crippen molar-refractivity contribution in [1.82, 2.24) is 5.32 Å². The molecule has 136 valence electrons. The molecule has 0 saturated carbocycles. The Morgan fingerprint density at radius 1 is 1.12 bits per heavy atom. The number of anilines is 1. The maximum Gasteiger partial charge on any atom is 0.286 e. The first-order chi connectivity index (χ1) is 12.5. The third-order valence-electron chi connectivity index (χ3n) is 4.17. The number of sulfonamides is 1. The van der Waals surface area contributed by atoms with E-state index in [9.17, 15) is 13.2 Å². The third kappa shape index (κ3) is 4.29. The summed E-state index contributed by atoms with van der Waals surface area (Å²) in [6.07, 6.45) is 1.21. The van der Waals surface area contributed by atoms with Crippen LogP contribution in [0.25, 0.3) is 0 Å². The Kier molecular flexibility index (Phi) is 5.37. The van der Waals surface area contributed by atoms with Crippen LogP contribution >= 0.6 is 0 Å². The number of benzene rings is 2. The molecule has 0 unspecified atom stereocenters. The second kappa shape index (κ2) is 7.70. The van der Waals surface area contributed by atoms with Crippen LogP contribution in [0.15, 0.2) is 63.9 Å². The average Bonchev–Trinajstić information content (AvgIpc) is 2.62. The van der Waals surface area contributed by atoms with Crippen molar-refractivity contribution in [1.29, 1.82) is 0 Å². The minimum atomic E-state index is -3.67. The van der Waals surface area contributed by atoms with Gasteiger partial charge in [-0.25, -0.2) is 0 Å². The quantitative estimate of drug-likeness (QED) is 0.816. The number of amidine groups is 1. The van der Waals surface area contributed by atoms with Gasteiger partial charge in [0.05, 0.1) is 11.7 Å². The summed E-state index contributed by atoms with van der Waals surface area (Å²) in [5, 5.41) is 5.98. The van der Waals surface area contributed by atoms with Crippen LogP contribution in [0.5, 0.6) is 0 Å². The molecule has 0 spiro atoms. The van der Waals surface area contributed by atoms with E-state index in [0.29, 0.717) is 30.8 Å². The van der Waals surface area contributed by atoms with Crippen LogP contribution in [0.4, 0.5) is 5.69 Å². The van der Waals surface area contributed by atoms with Gasteiger partial charge in [-0.2, -0.15) is 8.42 Å². The smallest absolute Gasteiger partial charge is 0.286 e. The number of nitrogens with zero attached hydrogens (tertiary/aromatic N) is 1. The standard InChI is InChI=1S/C19H21N3O3S/c1-14(15-8-3-2-4-9-15)20-19(23)13-7-12-18-21-16-10-5-6-11-17(16)26(24,25)22-18/h2-6,8-11,14H,7,12-13H2,1H3,(H,20,23)(H,21,22)/t14-/m1/s1. The Morgan fingerprint density at radius 3 is 2.58 bits per heavy atom. The lowest BCUT2D eigenvalue weighted by Crippen LogP contribution is -2.27. The Bertz CT molecular complexity index is 924. The molecule has 3 rings (SSSR count). The van der Waals surface area contributed by atoms with Crippen molar-refractivity contribution in [2.75, 3.05) is 5.32 Å². The third-order valence-corrected chi connectivity index (χ3v) is 5.54. The summed E-state index contributed by atoms with van der Waals surface area (Å²) in [6.45, 7) is 1.93. The summed E-state index contributed by atoms with van der Waals surface area (Å²) < 4.78 is 28.2. The minimum Gasteiger partial charge on any atom is -0.350 e. The molecule has 1 aliphatic heterocycles. The van der Waals surface area contributed by atoms with Crippen LogP contribution in [0, 0.1) is 0 Å². The molecular weight excluding hydrogens is 350 g/mol. The number of rotatable bonds is 6. The van der Waals surface area contributed by atoms with Crippen molar-refractivity contribution in [2.45, 2.75) is 37.1 Å². The van der Waals surface area contributed by atoms with E-state index in [1.807, 2.05) is 37.3 Å². The lowest BCUT2D eigenvalue weighted by atomic mass is 10.1. The van der Waals surface area contributed by atoms with Crippen molar-refractivity contribution in [3.8, 4) is 0 Å². The number of fused-ring (bicyclic) bond motifs is 1. The zero-order valence-corrected chi connectivity index (χ0v) is 15.3. The Morgan fingerprint density at radius 2 is 1.81 bits per heavy atom. The lowest BCUT2D eigenvalue weighted by molar-refractivity contribution is -0.121. The largest absolute Gasteiger partial charge is 0.350 e. The molecule has 1 heterocycles. The van der Waals surface area contributed by atoms with Gasteiger partial charge in [-0.1, -0.05) is 42.5 Å². The number of carbonyl (C=O) groups is 1. The van der Waals surface area contributed by atoms with Gasteiger partial charge >= 0.3 is 0 Å². The fourth-order valence-corrected chi connectivity index (χ4v) is 4.00. The molecule has 1 aliphatic rings. The Balaban J connectivity index is 1.52. The van der Waals surface area contributed by atoms with Gasteiger partial charge < -0.3 is 10.6 Å². The van der Waals surface area contributed by atoms with E-state index in [2.05, 4.69) is 15.0 Å². The highest BCUT2D eigenvalue weighted by Gasteiger charge is 2.24. The molecule has 2 N–H and O–H groups in total. The zero-order chi connectivity index (χ0) is 18.6. The van der Waals surface area contributed by atoms with Crippen LogP contribution in [-0.4, -0.2) is 20.2 Å². The summed E-state index contributed by atoms with van der Waals surface area (Å²) in [5.74, 6) is 0.300. The van der Waals surface area contributed by atoms with Crippen molar-refractivity contribution in [3.63, 3.8) is 0 Å². The predicted molar refractivity (Wildman–Crippen MR) is 102 cm³/mol. The van der Waals surface area contributed by atoms with Crippen LogP contribution < -0.4 is 10.6 Å². The zero-order valence-electron chi connectivity index (χ0n) is 14.5. The fourth-order valence-electron chi connectivity index (χ4n) is 2.83. The second-order valence-electron chi connectivity index (χ2n) is 6.19. The molecule has 2 aromatic rings. The van der Waals surface area contributed by atoms with E-state index in [1.54, 1.807) is 18.2 Å². The molecule has 7 heteroatoms. The molecule has 6 nitrogen and oxygen atoms in total. The SMILES string of the molecule is C[C@@H](NC(=O)CCCC1=NS(=O)(=O)c2ccccc2N1)c1ccccc1. The first-order valence-electron chi connectivity index (χ1n) is 8.50. The molecule has 0 fully saturated rings. The van der Waals surface area contributed by atoms with Gasteiger partial charge in [0.1, 0.15) is 10.7 Å². The van der Waals surface area contributed by atoms with Gasteiger partial charge in [0.2, 0.25) is 5.91 Å². The van der Waals surface area contributed by atoms with Crippen molar-refractivity contribution >= 4 is 27.5 Å². The molecular formula is C19H21N3O3S. The van der Waals surface area contributed by atoms with Crippen molar-refractivity contribution in [3.05, 3.63) is 60.2 Å². The molecule has 0 aromatic heterocycles. The number of hydrogen-bond donors (Lipinski definition) is 2. The molecule has 0 saturated heterocycles. The highest BCUT2D eigenvalue weighted by atomic mass is 32.2. The summed E-state index contributed by atoms with van der Waals surface area (Å²) >= 11 is 0. The minimum absolute atomic E-state index is 0.0684. The summed E-state index contributed by atoms with van der Waals surface area (Å²) in [5.41, 5.74) is 1.57. The number of amides is 1. The topological polar surface area (TPSA) is 87.6 Å². The van der Waals surface area contributed by atoms with Crippen LogP contribution in [0.1, 0.15) is 37.8 Å². The van der Waals surface area contributed by atoms with Crippen molar-refractivity contribution in [2.24, 2.45) is 4.40 Å². The van der Waals surface area contributed by atoms with E-state index in [0.717, 1.165) is 5.56 Å². The Hall–Kier alpha value is -2.67. The van der Waals surface area contributed by atoms with Gasteiger partial charge in [0.25, 0.3) is 10.0 Å². The fraction of sp³-hybridized carbons (Fsp3) is 0.263. The van der Waals surface area contributed by atoms with Crippen molar-refractivity contribution < 1.29 is 13.2 Å². The number of nitrogens with one attached hydrogen (secondary N) is 2. The number of para-hydroxylation sites is 1. The first-order valence-corrected chi connectivity index (χ1v) is 9.94. The van der Waals surface area contributed by atoms with E-state index < -0.39 is 10.0 Å². The van der Waals surface area contributed by atoms with Gasteiger partial charge in [-0.3, -0.25) is 4.79 Å². The van der Waals surface area contributed by atoms with Gasteiger partial charge in [-0.15, -0.1) is 4.40 Å². The van der Waals surface area contributed by atoms with Crippen LogP contribution in [0.2, 0.25) is 0 Å². The first kappa shape index (κ1) is 18.1. The van der Waals surface area contributed by atoms with E-state index in [1.165, 1.54) is 6.07 Å². The van der Waals surface area contributed by atoms with Gasteiger partial charge in [0.15, 0.2) is 0 Å². The summed E-state index contributed by atoms with van der Waals surface area (Å²) in [6, 6.07) is 16.3. The van der Waals surface area contributed by atoms with E-state index in [4.69, 9.17) is 0 Å². The van der Waals surface area contributed by atoms with Gasteiger partial charge in [-0.05, 0) is 31.0 Å². The second-order valence-corrected chi connectivity index (χ2v) is 7.76. The molecule has 0 bridgehead atoms. The van der Waals surface area contributed by atoms with Crippen LogP contribution in [-0.2, 0) is 14.8 Å². The molecule has 0 radical (unpaired) electrons. The highest BCUT2D eigenvalue weighted by Crippen LogP contribution is 2.27. The Labute approximate surface area is 153 Å². The molecule has 1 atom stereocenters. The normalized spacial score (nSPS) is 16.0. The molecule has 2 aromatic carbocycles. The maximum atomic E-state index is 12.2. The monoisotopic (exact) mass is 371 g/mol. The molecule has 26 heavy (non-hydrogen) atoms. The van der Waals surface area contributed by atoms with E-state index >= 15 is 0 Å². The summed E-state index contributed by atoms with van der Waals surface area (Å²) in [7, 11) is -3.67. The molecule has 0 aliphatic carbocycles. The average molecular weight is 371 g/mol. The summed E-state index contributed by atoms with van der Waals surface area (Å²) in [4.78, 5) is 12.3. The van der Waals surface area contributed by atoms with Crippen LogP contribution in [0.3, 0.4) is 0 Å². The van der Waals surface area contributed by atoms with E-state index in [-0.39, 0.29) is 16.8 Å². The number of carbonyl (C=O) groups excluding carboxylic acids is 1. The highest BCUT2D eigenvalue weighted by molar-refractivity contribution is 7.90. The van der Waals surface area contributed by atoms with Gasteiger partial charge in [0, 0.05) is 12.8 Å². The lowest BCUT2D eigenvalue weighted by Gasteiger charge is -2.18.